The third-order valence-corrected chi connectivity index (χ3v) is 3.06. The molecule has 1 saturated carbocycles. The lowest BCUT2D eigenvalue weighted by molar-refractivity contribution is 0.00430. The van der Waals surface area contributed by atoms with Crippen molar-refractivity contribution in [3.05, 3.63) is 0 Å². The van der Waals surface area contributed by atoms with Crippen molar-refractivity contribution in [2.24, 2.45) is 4.99 Å². The third-order valence-electron chi connectivity index (χ3n) is 3.06. The van der Waals surface area contributed by atoms with E-state index in [0.29, 0.717) is 5.71 Å². The van der Waals surface area contributed by atoms with Crippen molar-refractivity contribution in [1.82, 2.24) is 0 Å². The third kappa shape index (κ3) is 2.77. The molecule has 3 atom stereocenters. The second-order valence-corrected chi connectivity index (χ2v) is 4.51. The lowest BCUT2D eigenvalue weighted by Gasteiger charge is -2.34. The first kappa shape index (κ1) is 11.6. The molecule has 0 aromatic rings. The van der Waals surface area contributed by atoms with Gasteiger partial charge >= 0.3 is 0 Å². The van der Waals surface area contributed by atoms with E-state index in [-0.39, 0.29) is 6.04 Å². The van der Waals surface area contributed by atoms with E-state index >= 15 is 0 Å². The van der Waals surface area contributed by atoms with Crippen LogP contribution in [0.4, 0.5) is 4.39 Å². The predicted octanol–water partition coefficient (Wildman–Crippen LogP) is 2.50. The van der Waals surface area contributed by atoms with E-state index in [1.807, 2.05) is 0 Å². The number of nitrogens with zero attached hydrogens (tertiary/aromatic N) is 1. The van der Waals surface area contributed by atoms with E-state index in [9.17, 15) is 9.50 Å². The zero-order chi connectivity index (χ0) is 10.8. The van der Waals surface area contributed by atoms with Crippen LogP contribution in [0.2, 0.25) is 0 Å². The van der Waals surface area contributed by atoms with Crippen LogP contribution in [-0.2, 0) is 0 Å². The molecule has 0 aliphatic heterocycles. The number of rotatable bonds is 2. The Labute approximate surface area is 85.2 Å². The molecule has 0 amide bonds. The molecule has 0 aromatic heterocycles. The molecular formula is C11H20FNO. The molecule has 1 rings (SSSR count). The number of hydrogen-bond donors (Lipinski definition) is 1. The van der Waals surface area contributed by atoms with Gasteiger partial charge in [-0.05, 0) is 33.6 Å². The molecule has 0 aromatic carbocycles. The van der Waals surface area contributed by atoms with Crippen LogP contribution in [0.1, 0.15) is 46.5 Å². The number of hydrogen-bond acceptors (Lipinski definition) is 2. The average Bonchev–Trinajstić information content (AvgIpc) is 2.08. The van der Waals surface area contributed by atoms with Crippen LogP contribution in [0.3, 0.4) is 0 Å². The Hall–Kier alpha value is -0.440. The highest BCUT2D eigenvalue weighted by atomic mass is 19.1. The summed E-state index contributed by atoms with van der Waals surface area (Å²) >= 11 is 0. The van der Waals surface area contributed by atoms with Crippen LogP contribution < -0.4 is 0 Å². The van der Waals surface area contributed by atoms with Gasteiger partial charge in [0.1, 0.15) is 6.17 Å². The molecular weight excluding hydrogens is 181 g/mol. The summed E-state index contributed by atoms with van der Waals surface area (Å²) in [5, 5.41) is 10.0. The molecule has 1 aliphatic rings. The van der Waals surface area contributed by atoms with E-state index < -0.39 is 11.8 Å². The molecule has 0 bridgehead atoms. The highest BCUT2D eigenvalue weighted by Crippen LogP contribution is 2.30. The first-order valence-corrected chi connectivity index (χ1v) is 5.34. The van der Waals surface area contributed by atoms with Gasteiger partial charge in [0.2, 0.25) is 0 Å². The van der Waals surface area contributed by atoms with Gasteiger partial charge in [0.05, 0.1) is 11.6 Å². The maximum absolute atomic E-state index is 12.9. The molecule has 2 nitrogen and oxygen atoms in total. The van der Waals surface area contributed by atoms with Gasteiger partial charge in [0.25, 0.3) is 0 Å². The molecule has 0 saturated heterocycles. The maximum Gasteiger partial charge on any atom is 0.135 e. The minimum absolute atomic E-state index is 0.116. The lowest BCUT2D eigenvalue weighted by Crippen LogP contribution is -2.41. The molecule has 3 heteroatoms. The summed E-state index contributed by atoms with van der Waals surface area (Å²) in [7, 11) is 0. The average molecular weight is 201 g/mol. The summed E-state index contributed by atoms with van der Waals surface area (Å²) in [5.41, 5.74) is -0.244. The van der Waals surface area contributed by atoms with Gasteiger partial charge in [0.15, 0.2) is 0 Å². The molecule has 1 N–H and O–H groups in total. The summed E-state index contributed by atoms with van der Waals surface area (Å²) in [6, 6.07) is -0.116. The molecule has 0 heterocycles. The Kier molecular flexibility index (Phi) is 3.65. The zero-order valence-corrected chi connectivity index (χ0v) is 9.26. The number of halogens is 1. The smallest absolute Gasteiger partial charge is 0.135 e. The highest BCUT2D eigenvalue weighted by Gasteiger charge is 2.34. The van der Waals surface area contributed by atoms with Crippen molar-refractivity contribution in [2.75, 3.05) is 0 Å². The van der Waals surface area contributed by atoms with Gasteiger partial charge in [-0.25, -0.2) is 4.39 Å². The second-order valence-electron chi connectivity index (χ2n) is 4.51. The van der Waals surface area contributed by atoms with Crippen molar-refractivity contribution < 1.29 is 9.50 Å². The summed E-state index contributed by atoms with van der Waals surface area (Å²) in [6.07, 6.45) is 2.76. The molecule has 1 fully saturated rings. The minimum Gasteiger partial charge on any atom is -0.388 e. The topological polar surface area (TPSA) is 32.6 Å². The van der Waals surface area contributed by atoms with E-state index in [0.717, 1.165) is 25.7 Å². The van der Waals surface area contributed by atoms with Crippen LogP contribution in [0.15, 0.2) is 4.99 Å². The standard InChI is InChI=1S/C11H20FNO/c1-8(12)9(2)13-10-6-4-5-7-11(10,3)14/h8,10,14H,4-7H2,1-3H3. The second kappa shape index (κ2) is 4.39. The van der Waals surface area contributed by atoms with Crippen LogP contribution in [0.25, 0.3) is 0 Å². The Morgan fingerprint density at radius 2 is 2.21 bits per heavy atom. The number of alkyl halides is 1. The molecule has 82 valence electrons. The van der Waals surface area contributed by atoms with Gasteiger partial charge in [-0.2, -0.15) is 0 Å². The van der Waals surface area contributed by atoms with Crippen LogP contribution in [0.5, 0.6) is 0 Å². The molecule has 0 spiro atoms. The van der Waals surface area contributed by atoms with Crippen molar-refractivity contribution >= 4 is 5.71 Å². The first-order valence-electron chi connectivity index (χ1n) is 5.34. The molecule has 14 heavy (non-hydrogen) atoms. The van der Waals surface area contributed by atoms with E-state index in [1.54, 1.807) is 13.8 Å². The Morgan fingerprint density at radius 1 is 1.57 bits per heavy atom. The van der Waals surface area contributed by atoms with Crippen LogP contribution >= 0.6 is 0 Å². The van der Waals surface area contributed by atoms with Crippen molar-refractivity contribution in [3.63, 3.8) is 0 Å². The SMILES string of the molecule is CC(=NC1CCCCC1(C)O)C(C)F. The molecule has 3 unspecified atom stereocenters. The van der Waals surface area contributed by atoms with Crippen LogP contribution in [-0.4, -0.2) is 28.6 Å². The summed E-state index contributed by atoms with van der Waals surface area (Å²) < 4.78 is 12.9. The minimum atomic E-state index is -1.01. The predicted molar refractivity (Wildman–Crippen MR) is 56.6 cm³/mol. The molecule has 1 aliphatic carbocycles. The van der Waals surface area contributed by atoms with Gasteiger partial charge in [-0.3, -0.25) is 4.99 Å². The number of aliphatic imine (C=N–C) groups is 1. The maximum atomic E-state index is 12.9. The normalized spacial score (nSPS) is 36.9. The van der Waals surface area contributed by atoms with Crippen molar-refractivity contribution in [1.29, 1.82) is 0 Å². The fraction of sp³-hybridized carbons (Fsp3) is 0.909. The van der Waals surface area contributed by atoms with Gasteiger partial charge in [-0.15, -0.1) is 0 Å². The lowest BCUT2D eigenvalue weighted by atomic mass is 9.82. The molecule has 0 radical (unpaired) electrons. The summed E-state index contributed by atoms with van der Waals surface area (Å²) in [5.74, 6) is 0. The van der Waals surface area contributed by atoms with E-state index in [4.69, 9.17) is 0 Å². The Balaban J connectivity index is 2.71. The fourth-order valence-electron chi connectivity index (χ4n) is 1.85. The summed E-state index contributed by atoms with van der Waals surface area (Å²) in [4.78, 5) is 4.28. The first-order chi connectivity index (χ1) is 6.43. The van der Waals surface area contributed by atoms with E-state index in [1.165, 1.54) is 6.92 Å². The van der Waals surface area contributed by atoms with Crippen molar-refractivity contribution in [3.8, 4) is 0 Å². The monoisotopic (exact) mass is 201 g/mol. The fourth-order valence-corrected chi connectivity index (χ4v) is 1.85. The highest BCUT2D eigenvalue weighted by molar-refractivity contribution is 5.86. The number of aliphatic hydroxyl groups is 1. The van der Waals surface area contributed by atoms with Gasteiger partial charge in [0, 0.05) is 5.71 Å². The van der Waals surface area contributed by atoms with Crippen molar-refractivity contribution in [2.45, 2.75) is 64.3 Å². The Bertz CT molecular complexity index is 223. The Morgan fingerprint density at radius 3 is 2.71 bits per heavy atom. The van der Waals surface area contributed by atoms with Gasteiger partial charge in [-0.1, -0.05) is 12.8 Å². The quantitative estimate of drug-likeness (QED) is 0.684. The summed E-state index contributed by atoms with van der Waals surface area (Å²) in [6.45, 7) is 4.97. The zero-order valence-electron chi connectivity index (χ0n) is 9.26. The van der Waals surface area contributed by atoms with Crippen LogP contribution in [0, 0.1) is 0 Å². The van der Waals surface area contributed by atoms with Gasteiger partial charge < -0.3 is 5.11 Å². The van der Waals surface area contributed by atoms with E-state index in [2.05, 4.69) is 4.99 Å². The largest absolute Gasteiger partial charge is 0.388 e.